The molecule has 1 amide bonds. The number of para-hydroxylation sites is 1. The molecule has 1 aromatic heterocycles. The van der Waals surface area contributed by atoms with Crippen LogP contribution >= 0.6 is 11.8 Å². The number of nitrogens with zero attached hydrogens (tertiary/aromatic N) is 3. The van der Waals surface area contributed by atoms with Crippen molar-refractivity contribution in [1.82, 2.24) is 9.78 Å². The molecule has 0 saturated carbocycles. The van der Waals surface area contributed by atoms with Crippen molar-refractivity contribution in [1.29, 1.82) is 0 Å². The Morgan fingerprint density at radius 3 is 2.91 bits per heavy atom. The number of carbonyl (C=O) groups is 1. The van der Waals surface area contributed by atoms with Gasteiger partial charge in [-0.3, -0.25) is 9.59 Å². The lowest BCUT2D eigenvalue weighted by Gasteiger charge is -2.28. The average Bonchev–Trinajstić information content (AvgIpc) is 2.56. The molecule has 22 heavy (non-hydrogen) atoms. The van der Waals surface area contributed by atoms with Gasteiger partial charge in [0.15, 0.2) is 0 Å². The molecule has 0 spiro atoms. The van der Waals surface area contributed by atoms with Gasteiger partial charge in [0.1, 0.15) is 5.69 Å². The van der Waals surface area contributed by atoms with Crippen molar-refractivity contribution in [3.8, 4) is 0 Å². The van der Waals surface area contributed by atoms with Crippen LogP contribution in [-0.4, -0.2) is 28.0 Å². The number of anilines is 1. The van der Waals surface area contributed by atoms with Gasteiger partial charge >= 0.3 is 0 Å². The van der Waals surface area contributed by atoms with Crippen LogP contribution in [0.1, 0.15) is 23.8 Å². The van der Waals surface area contributed by atoms with Crippen molar-refractivity contribution >= 4 is 23.4 Å². The number of fused-ring (bicyclic) bond motifs is 1. The Bertz CT molecular complexity index is 757. The van der Waals surface area contributed by atoms with E-state index in [0.29, 0.717) is 18.8 Å². The van der Waals surface area contributed by atoms with E-state index < -0.39 is 0 Å². The van der Waals surface area contributed by atoms with Gasteiger partial charge in [0.05, 0.1) is 5.69 Å². The highest BCUT2D eigenvalue weighted by Crippen LogP contribution is 2.34. The number of thioether (sulfide) groups is 1. The maximum atomic E-state index is 12.8. The largest absolute Gasteiger partial charge is 0.305 e. The summed E-state index contributed by atoms with van der Waals surface area (Å²) in [7, 11) is 0. The first-order valence-corrected chi connectivity index (χ1v) is 8.31. The van der Waals surface area contributed by atoms with Crippen molar-refractivity contribution in [3.63, 3.8) is 0 Å². The van der Waals surface area contributed by atoms with Gasteiger partial charge < -0.3 is 4.90 Å². The summed E-state index contributed by atoms with van der Waals surface area (Å²) in [4.78, 5) is 27.3. The van der Waals surface area contributed by atoms with E-state index in [2.05, 4.69) is 5.10 Å². The molecule has 114 valence electrons. The molecule has 0 fully saturated rings. The Morgan fingerprint density at radius 1 is 1.27 bits per heavy atom. The lowest BCUT2D eigenvalue weighted by Crippen LogP contribution is -2.37. The minimum absolute atomic E-state index is 0.155. The fourth-order valence-electron chi connectivity index (χ4n) is 2.45. The summed E-state index contributed by atoms with van der Waals surface area (Å²) in [6, 6.07) is 10.8. The number of hydrogen-bond acceptors (Lipinski definition) is 4. The van der Waals surface area contributed by atoms with E-state index in [1.807, 2.05) is 31.2 Å². The lowest BCUT2D eigenvalue weighted by atomic mass is 10.2. The molecule has 1 aliphatic rings. The molecule has 5 nitrogen and oxygen atoms in total. The Labute approximate surface area is 132 Å². The van der Waals surface area contributed by atoms with Crippen molar-refractivity contribution in [2.24, 2.45) is 0 Å². The van der Waals surface area contributed by atoms with E-state index in [-0.39, 0.29) is 11.5 Å². The number of rotatable bonds is 3. The number of hydrogen-bond donors (Lipinski definition) is 0. The third kappa shape index (κ3) is 2.78. The minimum Gasteiger partial charge on any atom is -0.305 e. The molecule has 3 rings (SSSR count). The normalized spacial score (nSPS) is 13.8. The van der Waals surface area contributed by atoms with E-state index in [0.717, 1.165) is 22.8 Å². The van der Waals surface area contributed by atoms with Gasteiger partial charge in [0.2, 0.25) is 0 Å². The van der Waals surface area contributed by atoms with Crippen LogP contribution in [0.15, 0.2) is 46.1 Å². The second kappa shape index (κ2) is 6.36. The van der Waals surface area contributed by atoms with E-state index in [1.165, 1.54) is 16.8 Å². The molecule has 6 heteroatoms. The van der Waals surface area contributed by atoms with Gasteiger partial charge in [-0.05, 0) is 24.6 Å². The van der Waals surface area contributed by atoms with Gasteiger partial charge in [0.25, 0.3) is 11.5 Å². The highest BCUT2D eigenvalue weighted by atomic mass is 32.2. The minimum atomic E-state index is -0.173. The SMILES string of the molecule is CCCn1nc(C(=O)N2CCSc3ccccc32)ccc1=O. The van der Waals surface area contributed by atoms with Gasteiger partial charge in [-0.15, -0.1) is 11.8 Å². The van der Waals surface area contributed by atoms with Crippen molar-refractivity contribution in [3.05, 3.63) is 52.4 Å². The monoisotopic (exact) mass is 315 g/mol. The second-order valence-corrected chi connectivity index (χ2v) is 6.19. The van der Waals surface area contributed by atoms with Crippen molar-refractivity contribution < 1.29 is 4.79 Å². The summed E-state index contributed by atoms with van der Waals surface area (Å²) < 4.78 is 1.36. The molecule has 0 bridgehead atoms. The second-order valence-electron chi connectivity index (χ2n) is 5.05. The van der Waals surface area contributed by atoms with Crippen LogP contribution < -0.4 is 10.5 Å². The van der Waals surface area contributed by atoms with E-state index in [1.54, 1.807) is 16.7 Å². The highest BCUT2D eigenvalue weighted by molar-refractivity contribution is 7.99. The third-order valence-electron chi connectivity index (χ3n) is 3.49. The van der Waals surface area contributed by atoms with Crippen LogP contribution in [0, 0.1) is 0 Å². The summed E-state index contributed by atoms with van der Waals surface area (Å²) in [5.41, 5.74) is 1.06. The zero-order valence-corrected chi connectivity index (χ0v) is 13.2. The summed E-state index contributed by atoms with van der Waals surface area (Å²) in [5.74, 6) is 0.703. The van der Waals surface area contributed by atoms with Crippen molar-refractivity contribution in [2.75, 3.05) is 17.2 Å². The molecular formula is C16H17N3O2S. The van der Waals surface area contributed by atoms with E-state index in [9.17, 15) is 9.59 Å². The van der Waals surface area contributed by atoms with E-state index >= 15 is 0 Å². The molecule has 2 heterocycles. The fourth-order valence-corrected chi connectivity index (χ4v) is 3.45. The average molecular weight is 315 g/mol. The first kappa shape index (κ1) is 14.8. The quantitative estimate of drug-likeness (QED) is 0.873. The van der Waals surface area contributed by atoms with Gasteiger partial charge in [0, 0.05) is 29.8 Å². The first-order chi connectivity index (χ1) is 10.7. The summed E-state index contributed by atoms with van der Waals surface area (Å²) in [5, 5.41) is 4.22. The van der Waals surface area contributed by atoms with Gasteiger partial charge in [-0.25, -0.2) is 4.68 Å². The molecule has 0 saturated heterocycles. The number of aromatic nitrogens is 2. The summed E-state index contributed by atoms with van der Waals surface area (Å²) in [6.45, 7) is 3.14. The maximum Gasteiger partial charge on any atom is 0.278 e. The number of amides is 1. The fraction of sp³-hybridized carbons (Fsp3) is 0.312. The molecule has 0 aliphatic carbocycles. The smallest absolute Gasteiger partial charge is 0.278 e. The molecule has 0 unspecified atom stereocenters. The Kier molecular flexibility index (Phi) is 4.29. The standard InChI is InChI=1S/C16H17N3O2S/c1-2-9-19-15(20)8-7-12(17-19)16(21)18-10-11-22-14-6-4-3-5-13(14)18/h3-8H,2,9-11H2,1H3. The molecule has 1 aromatic carbocycles. The van der Waals surface area contributed by atoms with Crippen LogP contribution in [0.4, 0.5) is 5.69 Å². The van der Waals surface area contributed by atoms with Gasteiger partial charge in [-0.1, -0.05) is 19.1 Å². The third-order valence-corrected chi connectivity index (χ3v) is 4.54. The zero-order valence-electron chi connectivity index (χ0n) is 12.4. The Hall–Kier alpha value is -2.08. The number of aryl methyl sites for hydroxylation is 1. The Balaban J connectivity index is 1.95. The topological polar surface area (TPSA) is 55.2 Å². The zero-order chi connectivity index (χ0) is 15.5. The highest BCUT2D eigenvalue weighted by Gasteiger charge is 2.25. The molecular weight excluding hydrogens is 298 g/mol. The molecule has 2 aromatic rings. The van der Waals surface area contributed by atoms with Gasteiger partial charge in [-0.2, -0.15) is 5.10 Å². The van der Waals surface area contributed by atoms with Crippen LogP contribution in [0.25, 0.3) is 0 Å². The molecule has 0 N–H and O–H groups in total. The predicted octanol–water partition coefficient (Wildman–Crippen LogP) is 2.41. The summed E-state index contributed by atoms with van der Waals surface area (Å²) in [6.07, 6.45) is 0.799. The molecule has 0 radical (unpaired) electrons. The molecule has 0 atom stereocenters. The van der Waals surface area contributed by atoms with Crippen LogP contribution in [0.5, 0.6) is 0 Å². The van der Waals surface area contributed by atoms with Crippen LogP contribution in [0.2, 0.25) is 0 Å². The Morgan fingerprint density at radius 2 is 2.09 bits per heavy atom. The lowest BCUT2D eigenvalue weighted by molar-refractivity contribution is 0.0980. The molecule has 1 aliphatic heterocycles. The number of carbonyl (C=O) groups excluding carboxylic acids is 1. The van der Waals surface area contributed by atoms with E-state index in [4.69, 9.17) is 0 Å². The maximum absolute atomic E-state index is 12.8. The number of benzene rings is 1. The van der Waals surface area contributed by atoms with Crippen molar-refractivity contribution in [2.45, 2.75) is 24.8 Å². The predicted molar refractivity (Wildman–Crippen MR) is 87.6 cm³/mol. The van der Waals surface area contributed by atoms with Crippen LogP contribution in [-0.2, 0) is 6.54 Å². The first-order valence-electron chi connectivity index (χ1n) is 7.32. The van der Waals surface area contributed by atoms with Crippen LogP contribution in [0.3, 0.4) is 0 Å². The summed E-state index contributed by atoms with van der Waals surface area (Å²) >= 11 is 1.75.